The normalized spacial score (nSPS) is 10.6. The van der Waals surface area contributed by atoms with E-state index in [4.69, 9.17) is 0 Å². The molecular weight excluding hydrogens is 232 g/mol. The molecule has 0 spiro atoms. The molecule has 0 unspecified atom stereocenters. The highest BCUT2D eigenvalue weighted by atomic mass is 19.1. The molecule has 0 radical (unpaired) electrons. The van der Waals surface area contributed by atoms with E-state index in [1.54, 1.807) is 0 Å². The highest BCUT2D eigenvalue weighted by molar-refractivity contribution is 5.30. The van der Waals surface area contributed by atoms with Crippen molar-refractivity contribution in [1.82, 2.24) is 0 Å². The summed E-state index contributed by atoms with van der Waals surface area (Å²) in [6.45, 7) is 0. The lowest BCUT2D eigenvalue weighted by Gasteiger charge is -2.07. The molecule has 0 heterocycles. The monoisotopic (exact) mass is 240 g/mol. The van der Waals surface area contributed by atoms with Crippen molar-refractivity contribution in [3.05, 3.63) is 70.8 Å². The molecule has 0 atom stereocenters. The second-order valence-electron chi connectivity index (χ2n) is 3.58. The largest absolute Gasteiger partial charge is 0.207 e. The maximum absolute atomic E-state index is 13.3. The standard InChI is InChI=1S/C13H8F4/c14-10-3-1-4-11(15)8(10)7-9-12(16)5-2-6-13(9)17/h1-6H,7H2. The first-order chi connectivity index (χ1) is 8.09. The SMILES string of the molecule is Fc1cccc(F)c1Cc1c(F)cccc1F. The first-order valence-electron chi connectivity index (χ1n) is 4.95. The molecule has 0 amide bonds. The van der Waals surface area contributed by atoms with Crippen LogP contribution >= 0.6 is 0 Å². The Labute approximate surface area is 95.5 Å². The summed E-state index contributed by atoms with van der Waals surface area (Å²) in [6.07, 6.45) is -0.447. The van der Waals surface area contributed by atoms with Crippen LogP contribution in [0.2, 0.25) is 0 Å². The van der Waals surface area contributed by atoms with Crippen LogP contribution < -0.4 is 0 Å². The summed E-state index contributed by atoms with van der Waals surface area (Å²) in [5.41, 5.74) is -0.673. The molecule has 0 nitrogen and oxygen atoms in total. The average Bonchev–Trinajstić information content (AvgIpc) is 2.27. The molecule has 0 aliphatic rings. The fraction of sp³-hybridized carbons (Fsp3) is 0.0769. The average molecular weight is 240 g/mol. The van der Waals surface area contributed by atoms with Gasteiger partial charge in [-0.15, -0.1) is 0 Å². The van der Waals surface area contributed by atoms with Crippen molar-refractivity contribution < 1.29 is 17.6 Å². The third kappa shape index (κ3) is 2.30. The fourth-order valence-corrected chi connectivity index (χ4v) is 1.58. The van der Waals surface area contributed by atoms with E-state index in [1.807, 2.05) is 0 Å². The molecule has 0 aliphatic carbocycles. The first-order valence-corrected chi connectivity index (χ1v) is 4.95. The zero-order valence-electron chi connectivity index (χ0n) is 8.68. The van der Waals surface area contributed by atoms with Crippen molar-refractivity contribution >= 4 is 0 Å². The summed E-state index contributed by atoms with van der Waals surface area (Å²) in [4.78, 5) is 0. The summed E-state index contributed by atoms with van der Waals surface area (Å²) in [6, 6.07) is 6.61. The highest BCUT2D eigenvalue weighted by Gasteiger charge is 2.14. The van der Waals surface area contributed by atoms with Gasteiger partial charge in [-0.2, -0.15) is 0 Å². The van der Waals surface area contributed by atoms with Crippen molar-refractivity contribution in [2.24, 2.45) is 0 Å². The molecule has 4 heteroatoms. The molecule has 0 saturated carbocycles. The third-order valence-electron chi connectivity index (χ3n) is 2.48. The van der Waals surface area contributed by atoms with Crippen LogP contribution in [0, 0.1) is 23.3 Å². The molecule has 0 fully saturated rings. The second kappa shape index (κ2) is 4.57. The number of halogens is 4. The van der Waals surface area contributed by atoms with Crippen LogP contribution in [0.1, 0.15) is 11.1 Å². The fourth-order valence-electron chi connectivity index (χ4n) is 1.58. The van der Waals surface area contributed by atoms with E-state index in [0.29, 0.717) is 0 Å². The van der Waals surface area contributed by atoms with Crippen LogP contribution in [-0.4, -0.2) is 0 Å². The molecule has 0 saturated heterocycles. The molecular formula is C13H8F4. The third-order valence-corrected chi connectivity index (χ3v) is 2.48. The summed E-state index contributed by atoms with van der Waals surface area (Å²) < 4.78 is 53.3. The lowest BCUT2D eigenvalue weighted by Crippen LogP contribution is -2.01. The maximum Gasteiger partial charge on any atom is 0.129 e. The predicted molar refractivity (Wildman–Crippen MR) is 55.5 cm³/mol. The van der Waals surface area contributed by atoms with Gasteiger partial charge in [-0.05, 0) is 24.3 Å². The quantitative estimate of drug-likeness (QED) is 0.700. The minimum absolute atomic E-state index is 0.337. The molecule has 17 heavy (non-hydrogen) atoms. The molecule has 0 N–H and O–H groups in total. The predicted octanol–water partition coefficient (Wildman–Crippen LogP) is 3.83. The Morgan fingerprint density at radius 3 is 1.18 bits per heavy atom. The van der Waals surface area contributed by atoms with Gasteiger partial charge in [0.05, 0.1) is 0 Å². The van der Waals surface area contributed by atoms with Gasteiger partial charge in [0, 0.05) is 17.5 Å². The molecule has 2 aromatic carbocycles. The van der Waals surface area contributed by atoms with Crippen molar-refractivity contribution in [2.45, 2.75) is 6.42 Å². The van der Waals surface area contributed by atoms with Gasteiger partial charge in [0.1, 0.15) is 23.3 Å². The zero-order chi connectivity index (χ0) is 12.4. The van der Waals surface area contributed by atoms with Gasteiger partial charge < -0.3 is 0 Å². The van der Waals surface area contributed by atoms with E-state index in [9.17, 15) is 17.6 Å². The van der Waals surface area contributed by atoms with Gasteiger partial charge >= 0.3 is 0 Å². The lowest BCUT2D eigenvalue weighted by atomic mass is 10.0. The first kappa shape index (κ1) is 11.6. The smallest absolute Gasteiger partial charge is 0.129 e. The number of hydrogen-bond donors (Lipinski definition) is 0. The van der Waals surface area contributed by atoms with Crippen molar-refractivity contribution in [3.8, 4) is 0 Å². The summed E-state index contributed by atoms with van der Waals surface area (Å²) >= 11 is 0. The molecule has 2 rings (SSSR count). The van der Waals surface area contributed by atoms with Gasteiger partial charge in [-0.1, -0.05) is 12.1 Å². The van der Waals surface area contributed by atoms with E-state index >= 15 is 0 Å². The van der Waals surface area contributed by atoms with E-state index in [2.05, 4.69) is 0 Å². The van der Waals surface area contributed by atoms with Gasteiger partial charge in [0.25, 0.3) is 0 Å². The van der Waals surface area contributed by atoms with Crippen molar-refractivity contribution in [1.29, 1.82) is 0 Å². The van der Waals surface area contributed by atoms with Gasteiger partial charge in [-0.3, -0.25) is 0 Å². The van der Waals surface area contributed by atoms with Crippen LogP contribution in [0.3, 0.4) is 0 Å². The Balaban J connectivity index is 2.45. The molecule has 0 aromatic heterocycles. The second-order valence-corrected chi connectivity index (χ2v) is 3.58. The van der Waals surface area contributed by atoms with Crippen LogP contribution in [0.25, 0.3) is 0 Å². The number of benzene rings is 2. The van der Waals surface area contributed by atoms with E-state index in [1.165, 1.54) is 12.1 Å². The van der Waals surface area contributed by atoms with Gasteiger partial charge in [0.15, 0.2) is 0 Å². The Morgan fingerprint density at radius 2 is 0.882 bits per heavy atom. The highest BCUT2D eigenvalue weighted by Crippen LogP contribution is 2.20. The van der Waals surface area contributed by atoms with Crippen LogP contribution in [0.15, 0.2) is 36.4 Å². The minimum atomic E-state index is -0.812. The maximum atomic E-state index is 13.3. The summed E-state index contributed by atoms with van der Waals surface area (Å²) in [7, 11) is 0. The Hall–Kier alpha value is -1.84. The molecule has 0 aliphatic heterocycles. The van der Waals surface area contributed by atoms with Crippen molar-refractivity contribution in [3.63, 3.8) is 0 Å². The van der Waals surface area contributed by atoms with Crippen LogP contribution in [0.5, 0.6) is 0 Å². The van der Waals surface area contributed by atoms with Crippen LogP contribution in [0.4, 0.5) is 17.6 Å². The molecule has 88 valence electrons. The molecule has 0 bridgehead atoms. The summed E-state index contributed by atoms with van der Waals surface area (Å²) in [5.74, 6) is -3.25. The van der Waals surface area contributed by atoms with E-state index < -0.39 is 29.7 Å². The minimum Gasteiger partial charge on any atom is -0.207 e. The van der Waals surface area contributed by atoms with Crippen molar-refractivity contribution in [2.75, 3.05) is 0 Å². The Morgan fingerprint density at radius 1 is 0.588 bits per heavy atom. The van der Waals surface area contributed by atoms with Gasteiger partial charge in [-0.25, -0.2) is 17.6 Å². The lowest BCUT2D eigenvalue weighted by molar-refractivity contribution is 0.538. The Kier molecular flexibility index (Phi) is 3.13. The van der Waals surface area contributed by atoms with Crippen LogP contribution in [-0.2, 0) is 6.42 Å². The topological polar surface area (TPSA) is 0 Å². The Bertz CT molecular complexity index is 459. The van der Waals surface area contributed by atoms with E-state index in [-0.39, 0.29) is 11.1 Å². The van der Waals surface area contributed by atoms with Gasteiger partial charge in [0.2, 0.25) is 0 Å². The number of rotatable bonds is 2. The number of hydrogen-bond acceptors (Lipinski definition) is 0. The molecule has 2 aromatic rings. The summed E-state index contributed by atoms with van der Waals surface area (Å²) in [5, 5.41) is 0. The van der Waals surface area contributed by atoms with E-state index in [0.717, 1.165) is 24.3 Å². The zero-order valence-corrected chi connectivity index (χ0v) is 8.68.